The van der Waals surface area contributed by atoms with Crippen LogP contribution in [0, 0.1) is 5.92 Å². The van der Waals surface area contributed by atoms with Crippen molar-refractivity contribution in [1.29, 1.82) is 0 Å². The zero-order valence-corrected chi connectivity index (χ0v) is 12.2. The van der Waals surface area contributed by atoms with E-state index in [2.05, 4.69) is 61.0 Å². The smallest absolute Gasteiger partial charge is 0.0476 e. The lowest BCUT2D eigenvalue weighted by molar-refractivity contribution is 0.136. The fourth-order valence-electron chi connectivity index (χ4n) is 2.98. The number of rotatable bonds is 5. The molecule has 1 N–H and O–H groups in total. The zero-order valence-electron chi connectivity index (χ0n) is 12.2. The number of hydrogen-bond acceptors (Lipinski definition) is 2. The molecule has 0 spiro atoms. The summed E-state index contributed by atoms with van der Waals surface area (Å²) in [7, 11) is 0. The van der Waals surface area contributed by atoms with Crippen molar-refractivity contribution in [2.75, 3.05) is 19.6 Å². The minimum atomic E-state index is 0.475. The van der Waals surface area contributed by atoms with Crippen LogP contribution in [-0.2, 0) is 0 Å². The number of nitrogens with one attached hydrogen (secondary N) is 1. The van der Waals surface area contributed by atoms with Crippen molar-refractivity contribution < 1.29 is 0 Å². The number of piperazine rings is 1. The quantitative estimate of drug-likeness (QED) is 0.816. The first-order chi connectivity index (χ1) is 9.20. The van der Waals surface area contributed by atoms with E-state index in [1.807, 2.05) is 6.08 Å². The lowest BCUT2D eigenvalue weighted by atomic mass is 9.96. The van der Waals surface area contributed by atoms with E-state index < -0.39 is 0 Å². The van der Waals surface area contributed by atoms with E-state index in [4.69, 9.17) is 0 Å². The van der Waals surface area contributed by atoms with Gasteiger partial charge in [0.15, 0.2) is 0 Å². The van der Waals surface area contributed by atoms with Crippen LogP contribution in [0.4, 0.5) is 0 Å². The first kappa shape index (κ1) is 14.3. The Labute approximate surface area is 117 Å². The van der Waals surface area contributed by atoms with E-state index in [1.54, 1.807) is 0 Å². The molecule has 0 saturated carbocycles. The molecule has 0 bridgehead atoms. The predicted octanol–water partition coefficient (Wildman–Crippen LogP) is 3.23. The van der Waals surface area contributed by atoms with Crippen LogP contribution in [0.1, 0.15) is 31.9 Å². The van der Waals surface area contributed by atoms with Gasteiger partial charge in [-0.2, -0.15) is 0 Å². The second-order valence-corrected chi connectivity index (χ2v) is 5.90. The van der Waals surface area contributed by atoms with Crippen molar-refractivity contribution in [2.45, 2.75) is 32.4 Å². The lowest BCUT2D eigenvalue weighted by Gasteiger charge is -2.40. The Bertz CT molecular complexity index is 386. The first-order valence-corrected chi connectivity index (χ1v) is 7.34. The van der Waals surface area contributed by atoms with Gasteiger partial charge in [0.1, 0.15) is 0 Å². The normalized spacial score (nSPS) is 24.6. The third-order valence-corrected chi connectivity index (χ3v) is 3.80. The number of hydrogen-bond donors (Lipinski definition) is 1. The molecule has 1 heterocycles. The summed E-state index contributed by atoms with van der Waals surface area (Å²) in [6.45, 7) is 11.6. The van der Waals surface area contributed by atoms with Crippen molar-refractivity contribution >= 4 is 0 Å². The van der Waals surface area contributed by atoms with Crippen molar-refractivity contribution in [3.63, 3.8) is 0 Å². The number of benzene rings is 1. The summed E-state index contributed by atoms with van der Waals surface area (Å²) < 4.78 is 0. The van der Waals surface area contributed by atoms with Crippen molar-refractivity contribution in [3.8, 4) is 0 Å². The van der Waals surface area contributed by atoms with Crippen molar-refractivity contribution in [2.24, 2.45) is 5.92 Å². The van der Waals surface area contributed by atoms with Gasteiger partial charge in [-0.1, -0.05) is 50.3 Å². The van der Waals surface area contributed by atoms with Gasteiger partial charge in [-0.3, -0.25) is 4.90 Å². The molecule has 2 atom stereocenters. The molecule has 2 unspecified atom stereocenters. The predicted molar refractivity (Wildman–Crippen MR) is 82.2 cm³/mol. The van der Waals surface area contributed by atoms with E-state index in [1.165, 1.54) is 12.0 Å². The van der Waals surface area contributed by atoms with E-state index >= 15 is 0 Å². The summed E-state index contributed by atoms with van der Waals surface area (Å²) in [4.78, 5) is 2.55. The van der Waals surface area contributed by atoms with E-state index in [0.29, 0.717) is 12.1 Å². The lowest BCUT2D eigenvalue weighted by Crippen LogP contribution is -2.52. The van der Waals surface area contributed by atoms with Crippen LogP contribution in [0.3, 0.4) is 0 Å². The summed E-state index contributed by atoms with van der Waals surface area (Å²) >= 11 is 0. The van der Waals surface area contributed by atoms with Gasteiger partial charge in [-0.15, -0.1) is 6.58 Å². The molecule has 0 amide bonds. The van der Waals surface area contributed by atoms with E-state index in [9.17, 15) is 0 Å². The molecule has 1 aliphatic heterocycles. The second-order valence-electron chi connectivity index (χ2n) is 5.90. The van der Waals surface area contributed by atoms with Gasteiger partial charge in [-0.05, 0) is 17.9 Å². The van der Waals surface area contributed by atoms with Gasteiger partial charge >= 0.3 is 0 Å². The van der Waals surface area contributed by atoms with Crippen LogP contribution in [0.2, 0.25) is 0 Å². The summed E-state index contributed by atoms with van der Waals surface area (Å²) in [5.74, 6) is 0.747. The first-order valence-electron chi connectivity index (χ1n) is 7.34. The molecular formula is C17H26N2. The Morgan fingerprint density at radius 3 is 2.74 bits per heavy atom. The molecule has 104 valence electrons. The third-order valence-electron chi connectivity index (χ3n) is 3.80. The molecular weight excluding hydrogens is 232 g/mol. The SMILES string of the molecule is C=CCN1CC(CC(C)C)NCC1c1ccccc1. The van der Waals surface area contributed by atoms with Crippen LogP contribution in [-0.4, -0.2) is 30.6 Å². The Balaban J connectivity index is 2.06. The van der Waals surface area contributed by atoms with Gasteiger partial charge in [0.2, 0.25) is 0 Å². The van der Waals surface area contributed by atoms with E-state index in [-0.39, 0.29) is 0 Å². The molecule has 19 heavy (non-hydrogen) atoms. The molecule has 0 radical (unpaired) electrons. The highest BCUT2D eigenvalue weighted by Crippen LogP contribution is 2.24. The molecule has 1 aromatic carbocycles. The van der Waals surface area contributed by atoms with Gasteiger partial charge in [0, 0.05) is 31.7 Å². The maximum Gasteiger partial charge on any atom is 0.0476 e. The van der Waals surface area contributed by atoms with Gasteiger partial charge in [0.05, 0.1) is 0 Å². The Morgan fingerprint density at radius 2 is 2.11 bits per heavy atom. The minimum absolute atomic E-state index is 0.475. The fraction of sp³-hybridized carbons (Fsp3) is 0.529. The standard InChI is InChI=1S/C17H26N2/c1-4-10-19-13-16(11-14(2)3)18-12-17(19)15-8-6-5-7-9-15/h4-9,14,16-18H,1,10-13H2,2-3H3. The van der Waals surface area contributed by atoms with Crippen LogP contribution in [0.5, 0.6) is 0 Å². The maximum absolute atomic E-state index is 3.91. The van der Waals surface area contributed by atoms with Crippen LogP contribution < -0.4 is 5.32 Å². The molecule has 0 aliphatic carbocycles. The second kappa shape index (κ2) is 6.88. The number of nitrogens with zero attached hydrogens (tertiary/aromatic N) is 1. The molecule has 2 nitrogen and oxygen atoms in total. The topological polar surface area (TPSA) is 15.3 Å². The summed E-state index contributed by atoms with van der Waals surface area (Å²) in [5, 5.41) is 3.71. The molecule has 2 rings (SSSR count). The Kier molecular flexibility index (Phi) is 5.17. The Hall–Kier alpha value is -1.12. The van der Waals surface area contributed by atoms with Gasteiger partial charge < -0.3 is 5.32 Å². The van der Waals surface area contributed by atoms with Crippen molar-refractivity contribution in [1.82, 2.24) is 10.2 Å². The third kappa shape index (κ3) is 3.92. The molecule has 2 heteroatoms. The van der Waals surface area contributed by atoms with Gasteiger partial charge in [-0.25, -0.2) is 0 Å². The van der Waals surface area contributed by atoms with Gasteiger partial charge in [0.25, 0.3) is 0 Å². The average Bonchev–Trinajstić information content (AvgIpc) is 2.40. The summed E-state index contributed by atoms with van der Waals surface area (Å²) in [5.41, 5.74) is 1.40. The van der Waals surface area contributed by atoms with E-state index in [0.717, 1.165) is 25.6 Å². The average molecular weight is 258 g/mol. The monoisotopic (exact) mass is 258 g/mol. The van der Waals surface area contributed by atoms with Crippen molar-refractivity contribution in [3.05, 3.63) is 48.6 Å². The summed E-state index contributed by atoms with van der Waals surface area (Å²) in [6, 6.07) is 11.9. The molecule has 1 aliphatic rings. The Morgan fingerprint density at radius 1 is 1.37 bits per heavy atom. The zero-order chi connectivity index (χ0) is 13.7. The highest BCUT2D eigenvalue weighted by Gasteiger charge is 2.28. The van der Waals surface area contributed by atoms with Crippen LogP contribution in [0.25, 0.3) is 0 Å². The molecule has 0 aromatic heterocycles. The largest absolute Gasteiger partial charge is 0.311 e. The minimum Gasteiger partial charge on any atom is -0.311 e. The fourth-order valence-corrected chi connectivity index (χ4v) is 2.98. The van der Waals surface area contributed by atoms with Crippen LogP contribution >= 0.6 is 0 Å². The molecule has 1 saturated heterocycles. The summed E-state index contributed by atoms with van der Waals surface area (Å²) in [6.07, 6.45) is 3.27. The highest BCUT2D eigenvalue weighted by atomic mass is 15.2. The molecule has 1 aromatic rings. The maximum atomic E-state index is 3.91. The molecule has 1 fully saturated rings. The highest BCUT2D eigenvalue weighted by molar-refractivity contribution is 5.20. The van der Waals surface area contributed by atoms with Crippen LogP contribution in [0.15, 0.2) is 43.0 Å².